The standard InChI is InChI=1S/C14H19Br2N3O4/c1-3-5-7-22-13(20)19(14(21)23-8-6-4-2)12-11(16)18-10(15)9-17-12/h9H,3-8H2,1-2H3. The molecule has 0 N–H and O–H groups in total. The number of aromatic nitrogens is 2. The van der Waals surface area contributed by atoms with E-state index in [4.69, 9.17) is 9.47 Å². The van der Waals surface area contributed by atoms with E-state index in [0.717, 1.165) is 17.7 Å². The highest BCUT2D eigenvalue weighted by atomic mass is 79.9. The van der Waals surface area contributed by atoms with E-state index in [2.05, 4.69) is 41.8 Å². The monoisotopic (exact) mass is 451 g/mol. The summed E-state index contributed by atoms with van der Waals surface area (Å²) in [5.41, 5.74) is 0. The Balaban J connectivity index is 2.95. The van der Waals surface area contributed by atoms with E-state index in [1.165, 1.54) is 6.20 Å². The van der Waals surface area contributed by atoms with Gasteiger partial charge >= 0.3 is 12.2 Å². The van der Waals surface area contributed by atoms with Gasteiger partial charge in [0.2, 0.25) is 0 Å². The van der Waals surface area contributed by atoms with E-state index < -0.39 is 12.2 Å². The van der Waals surface area contributed by atoms with Crippen LogP contribution in [0.2, 0.25) is 0 Å². The molecule has 0 aliphatic heterocycles. The summed E-state index contributed by atoms with van der Waals surface area (Å²) in [6.45, 7) is 4.38. The lowest BCUT2D eigenvalue weighted by Crippen LogP contribution is -2.39. The van der Waals surface area contributed by atoms with Crippen LogP contribution in [-0.4, -0.2) is 35.4 Å². The SMILES string of the molecule is CCCCOC(=O)N(C(=O)OCCCC)c1ncc(Br)nc1Br. The van der Waals surface area contributed by atoms with Gasteiger partial charge in [-0.05, 0) is 44.7 Å². The van der Waals surface area contributed by atoms with E-state index in [-0.39, 0.29) is 23.6 Å². The third kappa shape index (κ3) is 6.42. The first-order chi connectivity index (χ1) is 11.0. The number of amides is 2. The third-order valence-corrected chi connectivity index (χ3v) is 3.62. The van der Waals surface area contributed by atoms with Gasteiger partial charge < -0.3 is 9.47 Å². The summed E-state index contributed by atoms with van der Waals surface area (Å²) in [6.07, 6.45) is 2.86. The molecular formula is C14H19Br2N3O4. The molecule has 0 aliphatic carbocycles. The Kier molecular flexibility index (Phi) is 9.08. The molecule has 9 heteroatoms. The van der Waals surface area contributed by atoms with Crippen molar-refractivity contribution in [2.24, 2.45) is 0 Å². The molecule has 0 saturated heterocycles. The molecule has 23 heavy (non-hydrogen) atoms. The topological polar surface area (TPSA) is 81.6 Å². The van der Waals surface area contributed by atoms with Crippen molar-refractivity contribution in [3.63, 3.8) is 0 Å². The zero-order chi connectivity index (χ0) is 17.2. The molecule has 128 valence electrons. The molecule has 0 fully saturated rings. The van der Waals surface area contributed by atoms with Crippen molar-refractivity contribution >= 4 is 49.9 Å². The minimum Gasteiger partial charge on any atom is -0.449 e. The van der Waals surface area contributed by atoms with Crippen LogP contribution in [0.3, 0.4) is 0 Å². The molecule has 2 amide bonds. The van der Waals surface area contributed by atoms with Crippen LogP contribution < -0.4 is 4.90 Å². The van der Waals surface area contributed by atoms with Gasteiger partial charge in [0.1, 0.15) is 4.60 Å². The highest BCUT2D eigenvalue weighted by Crippen LogP contribution is 2.25. The molecule has 0 atom stereocenters. The van der Waals surface area contributed by atoms with Gasteiger partial charge in [0, 0.05) is 0 Å². The number of carbonyl (C=O) groups is 2. The van der Waals surface area contributed by atoms with Gasteiger partial charge in [0.05, 0.1) is 19.4 Å². The van der Waals surface area contributed by atoms with Gasteiger partial charge in [0.25, 0.3) is 0 Å². The van der Waals surface area contributed by atoms with Gasteiger partial charge in [-0.2, -0.15) is 4.90 Å². The van der Waals surface area contributed by atoms with Crippen LogP contribution in [-0.2, 0) is 9.47 Å². The summed E-state index contributed by atoms with van der Waals surface area (Å²) >= 11 is 6.35. The number of hydrogen-bond donors (Lipinski definition) is 0. The number of halogens is 2. The highest BCUT2D eigenvalue weighted by molar-refractivity contribution is 9.11. The quantitative estimate of drug-likeness (QED) is 0.558. The Labute approximate surface area is 152 Å². The fourth-order valence-corrected chi connectivity index (χ4v) is 2.46. The molecule has 0 unspecified atom stereocenters. The average Bonchev–Trinajstić information content (AvgIpc) is 2.50. The number of imide groups is 1. The minimum atomic E-state index is -0.836. The average molecular weight is 453 g/mol. The zero-order valence-corrected chi connectivity index (χ0v) is 16.2. The second kappa shape index (κ2) is 10.5. The Morgan fingerprint density at radius 3 is 2.04 bits per heavy atom. The predicted octanol–water partition coefficient (Wildman–Crippen LogP) is 4.68. The van der Waals surface area contributed by atoms with E-state index in [0.29, 0.717) is 17.4 Å². The van der Waals surface area contributed by atoms with Crippen LogP contribution in [0.25, 0.3) is 0 Å². The summed E-state index contributed by atoms with van der Waals surface area (Å²) in [5, 5.41) is 0. The molecule has 0 bridgehead atoms. The number of rotatable bonds is 7. The number of nitrogens with zero attached hydrogens (tertiary/aromatic N) is 3. The zero-order valence-electron chi connectivity index (χ0n) is 13.1. The maximum absolute atomic E-state index is 12.2. The summed E-state index contributed by atoms with van der Waals surface area (Å²) in [4.78, 5) is 33.3. The van der Waals surface area contributed by atoms with E-state index in [1.807, 2.05) is 13.8 Å². The first-order valence-electron chi connectivity index (χ1n) is 7.32. The Morgan fingerprint density at radius 2 is 1.61 bits per heavy atom. The van der Waals surface area contributed by atoms with Crippen LogP contribution >= 0.6 is 31.9 Å². The van der Waals surface area contributed by atoms with Crippen LogP contribution in [0.1, 0.15) is 39.5 Å². The molecule has 0 spiro atoms. The molecule has 0 aromatic carbocycles. The Hall–Kier alpha value is -1.22. The van der Waals surface area contributed by atoms with E-state index in [1.54, 1.807) is 0 Å². The smallest absolute Gasteiger partial charge is 0.425 e. The Bertz CT molecular complexity index is 521. The first-order valence-corrected chi connectivity index (χ1v) is 8.91. The number of unbranched alkanes of at least 4 members (excludes halogenated alkanes) is 2. The maximum atomic E-state index is 12.2. The number of anilines is 1. The molecule has 0 saturated carbocycles. The Morgan fingerprint density at radius 1 is 1.09 bits per heavy atom. The lowest BCUT2D eigenvalue weighted by Gasteiger charge is -2.19. The fourth-order valence-electron chi connectivity index (χ4n) is 1.47. The molecule has 0 aliphatic rings. The molecule has 0 radical (unpaired) electrons. The van der Waals surface area contributed by atoms with Crippen molar-refractivity contribution in [3.05, 3.63) is 15.4 Å². The maximum Gasteiger partial charge on any atom is 0.425 e. The van der Waals surface area contributed by atoms with Crippen LogP contribution in [0.15, 0.2) is 15.4 Å². The van der Waals surface area contributed by atoms with E-state index in [9.17, 15) is 9.59 Å². The van der Waals surface area contributed by atoms with Gasteiger partial charge in [-0.25, -0.2) is 19.6 Å². The van der Waals surface area contributed by atoms with Gasteiger partial charge in [-0.15, -0.1) is 0 Å². The second-order valence-electron chi connectivity index (χ2n) is 4.58. The van der Waals surface area contributed by atoms with Crippen LogP contribution in [0.4, 0.5) is 15.4 Å². The van der Waals surface area contributed by atoms with Crippen molar-refractivity contribution in [1.29, 1.82) is 0 Å². The van der Waals surface area contributed by atoms with Crippen molar-refractivity contribution in [2.75, 3.05) is 18.1 Å². The lowest BCUT2D eigenvalue weighted by atomic mass is 10.4. The van der Waals surface area contributed by atoms with Gasteiger partial charge in [-0.1, -0.05) is 26.7 Å². The lowest BCUT2D eigenvalue weighted by molar-refractivity contribution is 0.132. The number of ether oxygens (including phenoxy) is 2. The van der Waals surface area contributed by atoms with Crippen molar-refractivity contribution in [2.45, 2.75) is 39.5 Å². The molecule has 1 aromatic heterocycles. The largest absolute Gasteiger partial charge is 0.449 e. The highest BCUT2D eigenvalue weighted by Gasteiger charge is 2.30. The fraction of sp³-hybridized carbons (Fsp3) is 0.571. The van der Waals surface area contributed by atoms with Crippen LogP contribution in [0, 0.1) is 0 Å². The first kappa shape index (κ1) is 19.8. The summed E-state index contributed by atoms with van der Waals surface area (Å²) in [7, 11) is 0. The minimum absolute atomic E-state index is 0.0243. The predicted molar refractivity (Wildman–Crippen MR) is 92.4 cm³/mol. The summed E-state index contributed by atoms with van der Waals surface area (Å²) < 4.78 is 10.9. The van der Waals surface area contributed by atoms with Crippen molar-refractivity contribution < 1.29 is 19.1 Å². The number of carbonyl (C=O) groups excluding carboxylic acids is 2. The second-order valence-corrected chi connectivity index (χ2v) is 6.14. The molecule has 1 aromatic rings. The van der Waals surface area contributed by atoms with Gasteiger partial charge in [-0.3, -0.25) is 0 Å². The molecule has 1 rings (SSSR count). The normalized spacial score (nSPS) is 10.3. The molecule has 1 heterocycles. The molecular weight excluding hydrogens is 434 g/mol. The summed E-state index contributed by atoms with van der Waals surface area (Å²) in [5.74, 6) is 0.0243. The number of hydrogen-bond acceptors (Lipinski definition) is 6. The van der Waals surface area contributed by atoms with Crippen LogP contribution in [0.5, 0.6) is 0 Å². The van der Waals surface area contributed by atoms with Crippen molar-refractivity contribution in [1.82, 2.24) is 9.97 Å². The summed E-state index contributed by atoms with van der Waals surface area (Å²) in [6, 6.07) is 0. The third-order valence-electron chi connectivity index (χ3n) is 2.71. The van der Waals surface area contributed by atoms with E-state index >= 15 is 0 Å². The molecule has 7 nitrogen and oxygen atoms in total. The van der Waals surface area contributed by atoms with Gasteiger partial charge in [0.15, 0.2) is 10.4 Å². The van der Waals surface area contributed by atoms with Crippen molar-refractivity contribution in [3.8, 4) is 0 Å².